The Morgan fingerprint density at radius 2 is 2.03 bits per heavy atom. The van der Waals surface area contributed by atoms with Gasteiger partial charge in [-0.2, -0.15) is 0 Å². The molecule has 2 aromatic rings. The first-order valence-electron chi connectivity index (χ1n) is 9.96. The number of amides is 2. The minimum Gasteiger partial charge on any atom is -0.491 e. The summed E-state index contributed by atoms with van der Waals surface area (Å²) in [5, 5.41) is 8.92. The van der Waals surface area contributed by atoms with Gasteiger partial charge in [0.25, 0.3) is 5.91 Å². The lowest BCUT2D eigenvalue weighted by Gasteiger charge is -2.19. The maximum absolute atomic E-state index is 13.0. The SMILES string of the molecule is CN(C(=O)c1cc(C(N)=O)cc(Cc2cccc(OCCO)c2)n1)C1C2COC[C@@H]21. The van der Waals surface area contributed by atoms with Crippen LogP contribution in [0.15, 0.2) is 36.4 Å². The third-order valence-electron chi connectivity index (χ3n) is 5.70. The molecule has 2 heterocycles. The number of primary amides is 1. The van der Waals surface area contributed by atoms with Crippen LogP contribution in [0.3, 0.4) is 0 Å². The molecule has 8 heteroatoms. The molecule has 2 unspecified atom stereocenters. The predicted octanol–water partition coefficient (Wildman–Crippen LogP) is 0.859. The summed E-state index contributed by atoms with van der Waals surface area (Å²) in [6.45, 7) is 1.50. The van der Waals surface area contributed by atoms with Crippen LogP contribution in [0.5, 0.6) is 5.75 Å². The number of aliphatic hydroxyl groups is 1. The molecule has 158 valence electrons. The van der Waals surface area contributed by atoms with Gasteiger partial charge in [-0.25, -0.2) is 4.98 Å². The van der Waals surface area contributed by atoms with Crippen molar-refractivity contribution >= 4 is 11.8 Å². The highest BCUT2D eigenvalue weighted by molar-refractivity contribution is 5.98. The Morgan fingerprint density at radius 1 is 1.27 bits per heavy atom. The van der Waals surface area contributed by atoms with Crippen LogP contribution in [0.25, 0.3) is 0 Å². The van der Waals surface area contributed by atoms with E-state index in [2.05, 4.69) is 4.98 Å². The second kappa shape index (κ2) is 8.41. The molecule has 1 saturated carbocycles. The van der Waals surface area contributed by atoms with Gasteiger partial charge < -0.3 is 25.2 Å². The first kappa shape index (κ1) is 20.3. The number of nitrogens with zero attached hydrogens (tertiary/aromatic N) is 2. The van der Waals surface area contributed by atoms with E-state index in [1.54, 1.807) is 24.1 Å². The second-order valence-electron chi connectivity index (χ2n) is 7.76. The number of fused-ring (bicyclic) bond motifs is 1. The van der Waals surface area contributed by atoms with Crippen LogP contribution >= 0.6 is 0 Å². The maximum atomic E-state index is 13.0. The fraction of sp³-hybridized carbons (Fsp3) is 0.409. The Morgan fingerprint density at radius 3 is 2.73 bits per heavy atom. The Labute approximate surface area is 174 Å². The highest BCUT2D eigenvalue weighted by Gasteiger charge is 2.57. The summed E-state index contributed by atoms with van der Waals surface area (Å²) in [7, 11) is 1.77. The third-order valence-corrected chi connectivity index (χ3v) is 5.70. The monoisotopic (exact) mass is 411 g/mol. The number of hydrogen-bond donors (Lipinski definition) is 2. The van der Waals surface area contributed by atoms with Crippen LogP contribution < -0.4 is 10.5 Å². The number of ether oxygens (including phenoxy) is 2. The molecular formula is C22H25N3O5. The summed E-state index contributed by atoms with van der Waals surface area (Å²) in [4.78, 5) is 31.1. The lowest BCUT2D eigenvalue weighted by molar-refractivity contribution is 0.0711. The molecule has 1 aromatic carbocycles. The molecule has 8 nitrogen and oxygen atoms in total. The number of carbonyl (C=O) groups excluding carboxylic acids is 2. The van der Waals surface area contributed by atoms with Crippen LogP contribution in [-0.4, -0.2) is 66.3 Å². The predicted molar refractivity (Wildman–Crippen MR) is 108 cm³/mol. The zero-order valence-electron chi connectivity index (χ0n) is 16.8. The Balaban J connectivity index is 1.56. The van der Waals surface area contributed by atoms with Crippen molar-refractivity contribution in [2.45, 2.75) is 12.5 Å². The molecule has 1 aliphatic heterocycles. The largest absolute Gasteiger partial charge is 0.491 e. The van der Waals surface area contributed by atoms with Gasteiger partial charge in [0.05, 0.1) is 19.8 Å². The summed E-state index contributed by atoms with van der Waals surface area (Å²) in [5.74, 6) is 0.579. The molecule has 3 atom stereocenters. The lowest BCUT2D eigenvalue weighted by Crippen LogP contribution is -2.33. The Kier molecular flexibility index (Phi) is 5.69. The molecule has 0 spiro atoms. The van der Waals surface area contributed by atoms with E-state index in [0.717, 1.165) is 5.56 Å². The van der Waals surface area contributed by atoms with Crippen molar-refractivity contribution in [1.82, 2.24) is 9.88 Å². The zero-order valence-corrected chi connectivity index (χ0v) is 16.8. The van der Waals surface area contributed by atoms with E-state index < -0.39 is 5.91 Å². The number of pyridine rings is 1. The molecule has 2 amide bonds. The molecule has 3 N–H and O–H groups in total. The smallest absolute Gasteiger partial charge is 0.272 e. The molecular weight excluding hydrogens is 386 g/mol. The van der Waals surface area contributed by atoms with Crippen molar-refractivity contribution in [3.05, 3.63) is 58.9 Å². The Bertz CT molecular complexity index is 954. The van der Waals surface area contributed by atoms with E-state index in [0.29, 0.717) is 42.9 Å². The average molecular weight is 411 g/mol. The average Bonchev–Trinajstić information content (AvgIpc) is 3.22. The summed E-state index contributed by atoms with van der Waals surface area (Å²) in [5.41, 5.74) is 7.43. The fourth-order valence-electron chi connectivity index (χ4n) is 4.15. The van der Waals surface area contributed by atoms with Crippen LogP contribution in [0.1, 0.15) is 32.1 Å². The van der Waals surface area contributed by atoms with Crippen molar-refractivity contribution in [3.63, 3.8) is 0 Å². The number of aliphatic hydroxyl groups excluding tert-OH is 1. The van der Waals surface area contributed by atoms with Gasteiger partial charge in [0.2, 0.25) is 5.91 Å². The van der Waals surface area contributed by atoms with Crippen molar-refractivity contribution in [3.8, 4) is 5.75 Å². The molecule has 0 radical (unpaired) electrons. The molecule has 2 aliphatic rings. The Hall–Kier alpha value is -2.97. The van der Waals surface area contributed by atoms with Gasteiger partial charge in [0.15, 0.2) is 0 Å². The quantitative estimate of drug-likeness (QED) is 0.666. The zero-order chi connectivity index (χ0) is 21.3. The number of aromatic nitrogens is 1. The molecule has 0 bridgehead atoms. The number of hydrogen-bond acceptors (Lipinski definition) is 6. The molecule has 1 saturated heterocycles. The van der Waals surface area contributed by atoms with Crippen LogP contribution in [-0.2, 0) is 11.2 Å². The summed E-state index contributed by atoms with van der Waals surface area (Å²) in [6.07, 6.45) is 0.407. The highest BCUT2D eigenvalue weighted by atomic mass is 16.5. The van der Waals surface area contributed by atoms with Crippen LogP contribution in [0.4, 0.5) is 0 Å². The molecule has 4 rings (SSSR count). The van der Waals surface area contributed by atoms with Crippen molar-refractivity contribution in [2.24, 2.45) is 17.6 Å². The number of benzene rings is 1. The minimum absolute atomic E-state index is 0.0692. The van der Waals surface area contributed by atoms with Crippen LogP contribution in [0, 0.1) is 11.8 Å². The van der Waals surface area contributed by atoms with E-state index in [1.165, 1.54) is 6.07 Å². The van der Waals surface area contributed by atoms with Gasteiger partial charge in [0, 0.05) is 42.6 Å². The summed E-state index contributed by atoms with van der Waals surface area (Å²) < 4.78 is 10.8. The van der Waals surface area contributed by atoms with Gasteiger partial charge in [-0.05, 0) is 29.8 Å². The van der Waals surface area contributed by atoms with Gasteiger partial charge in [0.1, 0.15) is 18.1 Å². The van der Waals surface area contributed by atoms with Gasteiger partial charge in [-0.15, -0.1) is 0 Å². The van der Waals surface area contributed by atoms with Crippen molar-refractivity contribution < 1.29 is 24.2 Å². The highest BCUT2D eigenvalue weighted by Crippen LogP contribution is 2.47. The van der Waals surface area contributed by atoms with Crippen LogP contribution in [0.2, 0.25) is 0 Å². The molecule has 1 aliphatic carbocycles. The van der Waals surface area contributed by atoms with Gasteiger partial charge >= 0.3 is 0 Å². The number of carbonyl (C=O) groups is 2. The molecule has 30 heavy (non-hydrogen) atoms. The second-order valence-corrected chi connectivity index (χ2v) is 7.76. The number of nitrogens with two attached hydrogens (primary N) is 1. The summed E-state index contributed by atoms with van der Waals surface area (Å²) >= 11 is 0. The molecule has 2 fully saturated rings. The van der Waals surface area contributed by atoms with E-state index in [4.69, 9.17) is 20.3 Å². The topological polar surface area (TPSA) is 115 Å². The number of rotatable bonds is 8. The van der Waals surface area contributed by atoms with Gasteiger partial charge in [-0.1, -0.05) is 12.1 Å². The lowest BCUT2D eigenvalue weighted by atomic mass is 10.1. The molecule has 1 aromatic heterocycles. The maximum Gasteiger partial charge on any atom is 0.272 e. The first-order valence-corrected chi connectivity index (χ1v) is 9.96. The van der Waals surface area contributed by atoms with E-state index in [1.807, 2.05) is 18.2 Å². The fourth-order valence-corrected chi connectivity index (χ4v) is 4.15. The van der Waals surface area contributed by atoms with E-state index in [-0.39, 0.29) is 36.4 Å². The van der Waals surface area contributed by atoms with E-state index >= 15 is 0 Å². The van der Waals surface area contributed by atoms with E-state index in [9.17, 15) is 9.59 Å². The normalized spacial score (nSPS) is 21.7. The standard InChI is InChI=1S/C22H25N3O5/c1-25(20-17-11-29-12-18(17)20)22(28)19-10-14(21(23)27)9-15(24-19)7-13-3-2-4-16(8-13)30-6-5-26/h2-4,8-10,17-18,20,26H,5-7,11-12H2,1H3,(H2,23,27)/t17-,18?,20?/m0/s1. The van der Waals surface area contributed by atoms with Gasteiger partial charge in [-0.3, -0.25) is 9.59 Å². The minimum atomic E-state index is -0.605. The third kappa shape index (κ3) is 4.15. The first-order chi connectivity index (χ1) is 14.5. The summed E-state index contributed by atoms with van der Waals surface area (Å²) in [6, 6.07) is 10.6. The van der Waals surface area contributed by atoms with Crippen molar-refractivity contribution in [1.29, 1.82) is 0 Å². The van der Waals surface area contributed by atoms with Crippen molar-refractivity contribution in [2.75, 3.05) is 33.5 Å².